The highest BCUT2D eigenvalue weighted by molar-refractivity contribution is 7.17. The van der Waals surface area contributed by atoms with Gasteiger partial charge in [-0.25, -0.2) is 9.78 Å². The Hall–Kier alpha value is -3.78. The van der Waals surface area contributed by atoms with Gasteiger partial charge in [-0.05, 0) is 37.6 Å². The Bertz CT molecular complexity index is 1360. The number of hydrogen-bond donors (Lipinski definition) is 1. The fraction of sp³-hybridized carbons (Fsp3) is 0.167. The number of aryl methyl sites for hydroxylation is 1. The van der Waals surface area contributed by atoms with E-state index in [1.54, 1.807) is 25.1 Å². The maximum absolute atomic E-state index is 13.1. The summed E-state index contributed by atoms with van der Waals surface area (Å²) >= 11 is 1.40. The van der Waals surface area contributed by atoms with Crippen LogP contribution >= 0.6 is 11.3 Å². The molecule has 0 fully saturated rings. The third kappa shape index (κ3) is 4.45. The summed E-state index contributed by atoms with van der Waals surface area (Å²) in [7, 11) is 0. The number of rotatable bonds is 6. The number of esters is 1. The van der Waals surface area contributed by atoms with Crippen LogP contribution in [0, 0.1) is 6.92 Å². The monoisotopic (exact) mass is 447 g/mol. The summed E-state index contributed by atoms with van der Waals surface area (Å²) in [6, 6.07) is 14.4. The number of benzene rings is 2. The van der Waals surface area contributed by atoms with Crippen LogP contribution in [0.5, 0.6) is 0 Å². The molecule has 1 amide bonds. The molecule has 0 aliphatic rings. The van der Waals surface area contributed by atoms with Gasteiger partial charge in [0.1, 0.15) is 11.4 Å². The molecule has 0 radical (unpaired) electrons. The van der Waals surface area contributed by atoms with Gasteiger partial charge < -0.3 is 10.1 Å². The lowest BCUT2D eigenvalue weighted by molar-refractivity contribution is -0.116. The van der Waals surface area contributed by atoms with Crippen molar-refractivity contribution in [2.45, 2.75) is 20.4 Å². The van der Waals surface area contributed by atoms with E-state index in [1.807, 2.05) is 36.6 Å². The molecule has 0 aliphatic carbocycles. The van der Waals surface area contributed by atoms with Gasteiger partial charge in [0.2, 0.25) is 5.91 Å². The van der Waals surface area contributed by atoms with Crippen molar-refractivity contribution in [3.63, 3.8) is 0 Å². The van der Waals surface area contributed by atoms with Crippen molar-refractivity contribution < 1.29 is 14.3 Å². The van der Waals surface area contributed by atoms with Crippen LogP contribution in [0.15, 0.2) is 65.0 Å². The maximum atomic E-state index is 13.1. The molecule has 0 atom stereocenters. The SMILES string of the molecule is CCOC(=O)c1cccc(NC(=O)Cn2cnc3scc(-c4ccc(C)cc4)c3c2=O)c1. The van der Waals surface area contributed by atoms with Gasteiger partial charge in [0.05, 0.1) is 23.9 Å². The minimum atomic E-state index is -0.462. The van der Waals surface area contributed by atoms with Gasteiger partial charge in [-0.2, -0.15) is 0 Å². The zero-order valence-corrected chi connectivity index (χ0v) is 18.4. The number of nitrogens with one attached hydrogen (secondary N) is 1. The molecule has 0 unspecified atom stereocenters. The third-order valence-corrected chi connectivity index (χ3v) is 5.78. The Morgan fingerprint density at radius 1 is 1.16 bits per heavy atom. The fourth-order valence-corrected chi connectivity index (χ4v) is 4.23. The molecule has 0 saturated heterocycles. The van der Waals surface area contributed by atoms with Gasteiger partial charge in [-0.3, -0.25) is 14.2 Å². The normalized spacial score (nSPS) is 10.8. The van der Waals surface area contributed by atoms with Crippen molar-refractivity contribution in [3.8, 4) is 11.1 Å². The molecule has 0 aliphatic heterocycles. The van der Waals surface area contributed by atoms with E-state index in [0.29, 0.717) is 21.5 Å². The summed E-state index contributed by atoms with van der Waals surface area (Å²) in [5, 5.41) is 5.13. The zero-order chi connectivity index (χ0) is 22.7. The second-order valence-electron chi connectivity index (χ2n) is 7.22. The molecular weight excluding hydrogens is 426 g/mol. The third-order valence-electron chi connectivity index (χ3n) is 4.89. The topological polar surface area (TPSA) is 90.3 Å². The molecule has 4 aromatic rings. The van der Waals surface area contributed by atoms with E-state index in [2.05, 4.69) is 10.3 Å². The van der Waals surface area contributed by atoms with Crippen LogP contribution in [0.2, 0.25) is 0 Å². The summed E-state index contributed by atoms with van der Waals surface area (Å²) in [6.07, 6.45) is 1.38. The van der Waals surface area contributed by atoms with E-state index in [1.165, 1.54) is 28.3 Å². The van der Waals surface area contributed by atoms with Gasteiger partial charge in [0.15, 0.2) is 0 Å². The molecule has 0 spiro atoms. The number of ether oxygens (including phenoxy) is 1. The van der Waals surface area contributed by atoms with Crippen molar-refractivity contribution >= 4 is 39.1 Å². The lowest BCUT2D eigenvalue weighted by atomic mass is 10.1. The van der Waals surface area contributed by atoms with Gasteiger partial charge in [-0.15, -0.1) is 11.3 Å². The van der Waals surface area contributed by atoms with Gasteiger partial charge in [0, 0.05) is 16.6 Å². The molecule has 0 bridgehead atoms. The van der Waals surface area contributed by atoms with Crippen molar-refractivity contribution in [2.24, 2.45) is 0 Å². The highest BCUT2D eigenvalue weighted by atomic mass is 32.1. The molecular formula is C24H21N3O4S. The van der Waals surface area contributed by atoms with E-state index >= 15 is 0 Å². The second-order valence-corrected chi connectivity index (χ2v) is 8.08. The van der Waals surface area contributed by atoms with Crippen molar-refractivity contribution in [3.05, 3.63) is 81.7 Å². The number of fused-ring (bicyclic) bond motifs is 1. The Labute approximate surface area is 188 Å². The maximum Gasteiger partial charge on any atom is 0.338 e. The second kappa shape index (κ2) is 9.15. The molecule has 1 N–H and O–H groups in total. The van der Waals surface area contributed by atoms with Crippen LogP contribution in [-0.2, 0) is 16.1 Å². The smallest absolute Gasteiger partial charge is 0.338 e. The van der Waals surface area contributed by atoms with Crippen molar-refractivity contribution in [1.29, 1.82) is 0 Å². The zero-order valence-electron chi connectivity index (χ0n) is 17.6. The van der Waals surface area contributed by atoms with Crippen LogP contribution in [0.25, 0.3) is 21.3 Å². The molecule has 162 valence electrons. The minimum absolute atomic E-state index is 0.200. The molecule has 2 heterocycles. The van der Waals surface area contributed by atoms with E-state index in [-0.39, 0.29) is 18.7 Å². The minimum Gasteiger partial charge on any atom is -0.462 e. The summed E-state index contributed by atoms with van der Waals surface area (Å²) < 4.78 is 6.27. The number of aromatic nitrogens is 2. The molecule has 0 saturated carbocycles. The molecule has 8 heteroatoms. The highest BCUT2D eigenvalue weighted by Crippen LogP contribution is 2.30. The van der Waals surface area contributed by atoms with E-state index < -0.39 is 11.9 Å². The number of hydrogen-bond acceptors (Lipinski definition) is 6. The number of anilines is 1. The van der Waals surface area contributed by atoms with Crippen LogP contribution in [-0.4, -0.2) is 28.0 Å². The fourth-order valence-electron chi connectivity index (χ4n) is 3.32. The van der Waals surface area contributed by atoms with E-state index in [4.69, 9.17) is 4.74 Å². The summed E-state index contributed by atoms with van der Waals surface area (Å²) in [4.78, 5) is 42.6. The van der Waals surface area contributed by atoms with Gasteiger partial charge in [-0.1, -0.05) is 35.9 Å². The predicted octanol–water partition coefficient (Wildman–Crippen LogP) is 4.25. The van der Waals surface area contributed by atoms with Crippen molar-refractivity contribution in [2.75, 3.05) is 11.9 Å². The first-order valence-corrected chi connectivity index (χ1v) is 10.9. The predicted molar refractivity (Wildman–Crippen MR) is 125 cm³/mol. The molecule has 7 nitrogen and oxygen atoms in total. The lowest BCUT2D eigenvalue weighted by Gasteiger charge is -2.09. The summed E-state index contributed by atoms with van der Waals surface area (Å²) in [5.74, 6) is -0.864. The van der Waals surface area contributed by atoms with Crippen LogP contribution in [0.4, 0.5) is 5.69 Å². The number of thiophene rings is 1. The first-order chi connectivity index (χ1) is 15.5. The molecule has 2 aromatic carbocycles. The summed E-state index contributed by atoms with van der Waals surface area (Å²) in [6.45, 7) is 3.80. The Kier molecular flexibility index (Phi) is 6.13. The molecule has 32 heavy (non-hydrogen) atoms. The Balaban J connectivity index is 1.58. The average Bonchev–Trinajstić information content (AvgIpc) is 3.21. The van der Waals surface area contributed by atoms with E-state index in [0.717, 1.165) is 16.7 Å². The Morgan fingerprint density at radius 3 is 2.69 bits per heavy atom. The lowest BCUT2D eigenvalue weighted by Crippen LogP contribution is -2.27. The first kappa shape index (κ1) is 21.5. The average molecular weight is 448 g/mol. The van der Waals surface area contributed by atoms with Gasteiger partial charge >= 0.3 is 5.97 Å². The van der Waals surface area contributed by atoms with Gasteiger partial charge in [0.25, 0.3) is 5.56 Å². The first-order valence-electron chi connectivity index (χ1n) is 10.1. The standard InChI is InChI=1S/C24H21N3O4S/c1-3-31-24(30)17-5-4-6-18(11-17)26-20(28)12-27-14-25-22-21(23(27)29)19(13-32-22)16-9-7-15(2)8-10-16/h4-11,13-14H,3,12H2,1-2H3,(H,26,28). The largest absolute Gasteiger partial charge is 0.462 e. The van der Waals surface area contributed by atoms with Crippen molar-refractivity contribution in [1.82, 2.24) is 9.55 Å². The molecule has 4 rings (SSSR count). The summed E-state index contributed by atoms with van der Waals surface area (Å²) in [5.41, 5.74) is 3.37. The van der Waals surface area contributed by atoms with Crippen LogP contribution in [0.3, 0.4) is 0 Å². The molecule has 2 aromatic heterocycles. The number of amides is 1. The quantitative estimate of drug-likeness (QED) is 0.446. The highest BCUT2D eigenvalue weighted by Gasteiger charge is 2.15. The number of carbonyl (C=O) groups excluding carboxylic acids is 2. The van der Waals surface area contributed by atoms with E-state index in [9.17, 15) is 14.4 Å². The Morgan fingerprint density at radius 2 is 1.94 bits per heavy atom. The number of nitrogens with zero attached hydrogens (tertiary/aromatic N) is 2. The van der Waals surface area contributed by atoms with Crippen LogP contribution in [0.1, 0.15) is 22.8 Å². The number of carbonyl (C=O) groups is 2. The van der Waals surface area contributed by atoms with Crippen LogP contribution < -0.4 is 10.9 Å².